The summed E-state index contributed by atoms with van der Waals surface area (Å²) in [6, 6.07) is 19.6. The van der Waals surface area contributed by atoms with Gasteiger partial charge >= 0.3 is 0 Å². The van der Waals surface area contributed by atoms with Gasteiger partial charge in [0.15, 0.2) is 5.84 Å². The van der Waals surface area contributed by atoms with Gasteiger partial charge in [-0.15, -0.1) is 12.4 Å². The number of amidine groups is 2. The number of halogens is 1. The molecule has 0 radical (unpaired) electrons. The Morgan fingerprint density at radius 3 is 1.81 bits per heavy atom. The molecule has 0 fully saturated rings. The fourth-order valence-corrected chi connectivity index (χ4v) is 3.26. The Bertz CT molecular complexity index is 1240. The molecule has 0 aliphatic carbocycles. The molecule has 4 aromatic rings. The van der Waals surface area contributed by atoms with E-state index in [9.17, 15) is 0 Å². The zero-order valence-electron chi connectivity index (χ0n) is 17.5. The summed E-state index contributed by atoms with van der Waals surface area (Å²) >= 11 is 0. The fourth-order valence-electron chi connectivity index (χ4n) is 3.26. The van der Waals surface area contributed by atoms with Crippen molar-refractivity contribution in [3.63, 3.8) is 0 Å². The number of hydroxylamine groups is 2. The standard InChI is InChI=1S/C23H22N6O2.ClH/c1-30-27-22(24)18-9-5-16(6-10-18)15-3-7-17(8-4-15)20-14-29-13-19(23(25)28-31-2)11-12-21(29)26-20;/h3-14H,1-2H3,(H2,24,27)(H2,25,28);1H. The quantitative estimate of drug-likeness (QED) is 0.201. The first-order chi connectivity index (χ1) is 15.1. The molecule has 0 saturated heterocycles. The predicted octanol–water partition coefficient (Wildman–Crippen LogP) is 4.04. The van der Waals surface area contributed by atoms with Crippen molar-refractivity contribution in [1.82, 2.24) is 20.3 Å². The molecule has 2 aromatic carbocycles. The monoisotopic (exact) mass is 450 g/mol. The molecule has 4 N–H and O–H groups in total. The summed E-state index contributed by atoms with van der Waals surface area (Å²) in [5, 5.41) is 15.8. The number of hydrogen-bond donors (Lipinski definition) is 4. The summed E-state index contributed by atoms with van der Waals surface area (Å²) in [5.41, 5.74) is 11.3. The van der Waals surface area contributed by atoms with Gasteiger partial charge in [0.2, 0.25) is 0 Å². The van der Waals surface area contributed by atoms with Crippen LogP contribution in [-0.4, -0.2) is 35.3 Å². The lowest BCUT2D eigenvalue weighted by Crippen LogP contribution is -2.22. The van der Waals surface area contributed by atoms with Crippen LogP contribution >= 0.6 is 12.4 Å². The molecule has 0 aliphatic rings. The molecule has 2 aromatic heterocycles. The maximum absolute atomic E-state index is 7.95. The Hall–Kier alpha value is -3.72. The molecule has 32 heavy (non-hydrogen) atoms. The largest absolute Gasteiger partial charge is 0.306 e. The van der Waals surface area contributed by atoms with Gasteiger partial charge in [0, 0.05) is 29.1 Å². The van der Waals surface area contributed by atoms with Crippen LogP contribution in [0.3, 0.4) is 0 Å². The number of rotatable bonds is 6. The normalized spacial score (nSPS) is 10.4. The molecular formula is C23H23ClN6O2. The van der Waals surface area contributed by atoms with Gasteiger partial charge in [-0.2, -0.15) is 0 Å². The van der Waals surface area contributed by atoms with Crippen molar-refractivity contribution in [1.29, 1.82) is 10.8 Å². The first kappa shape index (κ1) is 23.0. The van der Waals surface area contributed by atoms with Gasteiger partial charge in [0.25, 0.3) is 0 Å². The second-order valence-corrected chi connectivity index (χ2v) is 6.83. The first-order valence-electron chi connectivity index (χ1n) is 9.54. The van der Waals surface area contributed by atoms with E-state index in [2.05, 4.69) is 28.1 Å². The summed E-state index contributed by atoms with van der Waals surface area (Å²) in [6.45, 7) is 0. The van der Waals surface area contributed by atoms with E-state index in [1.807, 2.05) is 65.3 Å². The second kappa shape index (κ2) is 10.1. The van der Waals surface area contributed by atoms with Gasteiger partial charge in [0.1, 0.15) is 11.5 Å². The van der Waals surface area contributed by atoms with Crippen molar-refractivity contribution in [2.45, 2.75) is 0 Å². The third-order valence-corrected chi connectivity index (χ3v) is 4.84. The molecule has 0 amide bonds. The van der Waals surface area contributed by atoms with Gasteiger partial charge in [-0.3, -0.25) is 20.5 Å². The van der Waals surface area contributed by atoms with E-state index >= 15 is 0 Å². The Morgan fingerprint density at radius 2 is 1.22 bits per heavy atom. The smallest absolute Gasteiger partial charge is 0.151 e. The van der Waals surface area contributed by atoms with E-state index in [1.165, 1.54) is 14.2 Å². The van der Waals surface area contributed by atoms with Crippen LogP contribution in [0.4, 0.5) is 0 Å². The second-order valence-electron chi connectivity index (χ2n) is 6.83. The average Bonchev–Trinajstić information content (AvgIpc) is 3.23. The minimum atomic E-state index is 0. The highest BCUT2D eigenvalue weighted by Gasteiger charge is 2.08. The SMILES string of the molecule is CONC(=N)c1ccc(-c2ccc(-c3cn4cc(C(=N)NOC)ccc4n3)cc2)cc1.Cl. The van der Waals surface area contributed by atoms with Crippen LogP contribution in [0.25, 0.3) is 28.0 Å². The summed E-state index contributed by atoms with van der Waals surface area (Å²) in [5.74, 6) is 0.399. The van der Waals surface area contributed by atoms with Crippen LogP contribution < -0.4 is 11.0 Å². The van der Waals surface area contributed by atoms with E-state index in [1.54, 1.807) is 0 Å². The lowest BCUT2D eigenvalue weighted by molar-refractivity contribution is 0.144. The van der Waals surface area contributed by atoms with Crippen molar-refractivity contribution in [2.75, 3.05) is 14.2 Å². The van der Waals surface area contributed by atoms with Crippen molar-refractivity contribution >= 4 is 29.7 Å². The van der Waals surface area contributed by atoms with Gasteiger partial charge in [-0.1, -0.05) is 48.5 Å². The molecule has 0 spiro atoms. The van der Waals surface area contributed by atoms with E-state index in [0.717, 1.165) is 33.6 Å². The molecule has 0 aliphatic heterocycles. The first-order valence-corrected chi connectivity index (χ1v) is 9.54. The van der Waals surface area contributed by atoms with E-state index < -0.39 is 0 Å². The number of benzene rings is 2. The van der Waals surface area contributed by atoms with Crippen molar-refractivity contribution < 1.29 is 9.68 Å². The van der Waals surface area contributed by atoms with Gasteiger partial charge in [-0.05, 0) is 23.3 Å². The highest BCUT2D eigenvalue weighted by molar-refractivity contribution is 5.96. The number of pyridine rings is 1. The van der Waals surface area contributed by atoms with E-state index in [-0.39, 0.29) is 24.1 Å². The number of aromatic nitrogens is 2. The Labute approximate surface area is 191 Å². The molecule has 4 rings (SSSR count). The molecular weight excluding hydrogens is 428 g/mol. The summed E-state index contributed by atoms with van der Waals surface area (Å²) in [6.07, 6.45) is 3.78. The highest BCUT2D eigenvalue weighted by atomic mass is 35.5. The molecule has 8 nitrogen and oxygen atoms in total. The van der Waals surface area contributed by atoms with Crippen LogP contribution in [-0.2, 0) is 9.68 Å². The Balaban J connectivity index is 0.00000289. The predicted molar refractivity (Wildman–Crippen MR) is 127 cm³/mol. The maximum atomic E-state index is 7.95. The van der Waals surface area contributed by atoms with Gasteiger partial charge < -0.3 is 4.40 Å². The van der Waals surface area contributed by atoms with Crippen LogP contribution in [0.1, 0.15) is 11.1 Å². The zero-order valence-corrected chi connectivity index (χ0v) is 18.4. The molecule has 2 heterocycles. The van der Waals surface area contributed by atoms with Gasteiger partial charge in [0.05, 0.1) is 19.9 Å². The van der Waals surface area contributed by atoms with Crippen LogP contribution in [0.5, 0.6) is 0 Å². The number of hydrogen-bond acceptors (Lipinski definition) is 5. The summed E-state index contributed by atoms with van der Waals surface area (Å²) in [7, 11) is 2.96. The Morgan fingerprint density at radius 1 is 0.719 bits per heavy atom. The number of imidazole rings is 1. The highest BCUT2D eigenvalue weighted by Crippen LogP contribution is 2.25. The van der Waals surface area contributed by atoms with Crippen molar-refractivity contribution in [2.24, 2.45) is 0 Å². The molecule has 0 atom stereocenters. The molecule has 0 bridgehead atoms. The van der Waals surface area contributed by atoms with Gasteiger partial charge in [-0.25, -0.2) is 15.9 Å². The van der Waals surface area contributed by atoms with E-state index in [0.29, 0.717) is 5.56 Å². The maximum Gasteiger partial charge on any atom is 0.151 e. The Kier molecular flexibility index (Phi) is 7.21. The molecule has 0 unspecified atom stereocenters. The van der Waals surface area contributed by atoms with Crippen LogP contribution in [0.2, 0.25) is 0 Å². The number of nitrogens with zero attached hydrogens (tertiary/aromatic N) is 2. The topological polar surface area (TPSA) is 108 Å². The van der Waals surface area contributed by atoms with E-state index in [4.69, 9.17) is 20.5 Å². The minimum absolute atomic E-state index is 0. The molecule has 164 valence electrons. The van der Waals surface area contributed by atoms with Crippen molar-refractivity contribution in [3.8, 4) is 22.4 Å². The average molecular weight is 451 g/mol. The molecule has 0 saturated carbocycles. The zero-order chi connectivity index (χ0) is 21.8. The minimum Gasteiger partial charge on any atom is -0.306 e. The van der Waals surface area contributed by atoms with Crippen LogP contribution in [0.15, 0.2) is 73.1 Å². The number of nitrogens with one attached hydrogen (secondary N) is 4. The molecule has 9 heteroatoms. The fraction of sp³-hybridized carbons (Fsp3) is 0.0870. The van der Waals surface area contributed by atoms with Crippen molar-refractivity contribution in [3.05, 3.63) is 84.2 Å². The summed E-state index contributed by atoms with van der Waals surface area (Å²) < 4.78 is 1.90. The van der Waals surface area contributed by atoms with Crippen LogP contribution in [0, 0.1) is 10.8 Å². The third kappa shape index (κ3) is 4.78. The summed E-state index contributed by atoms with van der Waals surface area (Å²) in [4.78, 5) is 14.3. The number of fused-ring (bicyclic) bond motifs is 1. The lowest BCUT2D eigenvalue weighted by Gasteiger charge is -2.07. The lowest BCUT2D eigenvalue weighted by atomic mass is 10.0. The third-order valence-electron chi connectivity index (χ3n) is 4.84.